The summed E-state index contributed by atoms with van der Waals surface area (Å²) in [6.07, 6.45) is 1.59. The van der Waals surface area contributed by atoms with E-state index in [9.17, 15) is 13.2 Å². The number of amides is 1. The van der Waals surface area contributed by atoms with Crippen LogP contribution in [-0.2, 0) is 14.8 Å². The first kappa shape index (κ1) is 23.4. The minimum Gasteiger partial charge on any atom is -0.379 e. The summed E-state index contributed by atoms with van der Waals surface area (Å²) in [4.78, 5) is 12.9. The van der Waals surface area contributed by atoms with Gasteiger partial charge in [0.25, 0.3) is 5.91 Å². The van der Waals surface area contributed by atoms with Crippen LogP contribution in [0.25, 0.3) is 21.5 Å². The van der Waals surface area contributed by atoms with Gasteiger partial charge in [-0.05, 0) is 29.0 Å². The highest BCUT2D eigenvalue weighted by atomic mass is 35.5. The predicted molar refractivity (Wildman–Crippen MR) is 138 cm³/mol. The van der Waals surface area contributed by atoms with E-state index in [1.165, 1.54) is 16.4 Å². The molecular formula is C26H22ClN3O4S. The molecule has 35 heavy (non-hydrogen) atoms. The van der Waals surface area contributed by atoms with Crippen LogP contribution in [0.3, 0.4) is 0 Å². The molecule has 0 radical (unpaired) electrons. The maximum absolute atomic E-state index is 12.9. The third-order valence-corrected chi connectivity index (χ3v) is 8.27. The zero-order valence-corrected chi connectivity index (χ0v) is 20.2. The fourth-order valence-electron chi connectivity index (χ4n) is 4.20. The monoisotopic (exact) mass is 507 g/mol. The van der Waals surface area contributed by atoms with Crippen LogP contribution in [0.1, 0.15) is 15.9 Å². The molecule has 178 valence electrons. The van der Waals surface area contributed by atoms with E-state index in [0.29, 0.717) is 18.2 Å². The Morgan fingerprint density at radius 2 is 1.51 bits per heavy atom. The first-order valence-corrected chi connectivity index (χ1v) is 12.9. The Labute approximate surface area is 208 Å². The summed E-state index contributed by atoms with van der Waals surface area (Å²) in [5.74, 6) is -0.511. The van der Waals surface area contributed by atoms with Crippen molar-refractivity contribution < 1.29 is 17.9 Å². The second-order valence-corrected chi connectivity index (χ2v) is 10.4. The van der Waals surface area contributed by atoms with E-state index in [1.54, 1.807) is 18.3 Å². The normalized spacial score (nSPS) is 15.1. The lowest BCUT2D eigenvalue weighted by molar-refractivity contribution is 0.0730. The van der Waals surface area contributed by atoms with Crippen LogP contribution in [0, 0.1) is 0 Å². The third-order valence-electron chi connectivity index (χ3n) is 5.97. The van der Waals surface area contributed by atoms with Crippen molar-refractivity contribution in [1.29, 1.82) is 0 Å². The van der Waals surface area contributed by atoms with Crippen molar-refractivity contribution >= 4 is 55.3 Å². The maximum Gasteiger partial charge on any atom is 0.271 e. The van der Waals surface area contributed by atoms with Gasteiger partial charge in [-0.1, -0.05) is 66.2 Å². The summed E-state index contributed by atoms with van der Waals surface area (Å²) >= 11 is 6.64. The number of hydrogen-bond donors (Lipinski definition) is 1. The van der Waals surface area contributed by atoms with Gasteiger partial charge in [0.1, 0.15) is 0 Å². The van der Waals surface area contributed by atoms with E-state index in [2.05, 4.69) is 10.5 Å². The average Bonchev–Trinajstić information content (AvgIpc) is 2.91. The summed E-state index contributed by atoms with van der Waals surface area (Å²) in [5.41, 5.74) is 3.54. The predicted octanol–water partition coefficient (Wildman–Crippen LogP) is 4.43. The highest BCUT2D eigenvalue weighted by molar-refractivity contribution is 7.89. The number of sulfonamides is 1. The minimum absolute atomic E-state index is 0.0609. The molecule has 1 aliphatic heterocycles. The van der Waals surface area contributed by atoms with E-state index in [1.807, 2.05) is 48.5 Å². The molecule has 0 spiro atoms. The van der Waals surface area contributed by atoms with Gasteiger partial charge in [0, 0.05) is 35.0 Å². The van der Waals surface area contributed by atoms with E-state index < -0.39 is 15.9 Å². The first-order chi connectivity index (χ1) is 17.0. The second kappa shape index (κ2) is 9.75. The van der Waals surface area contributed by atoms with Gasteiger partial charge in [0.05, 0.1) is 29.3 Å². The van der Waals surface area contributed by atoms with Crippen molar-refractivity contribution in [2.75, 3.05) is 26.3 Å². The fourth-order valence-corrected chi connectivity index (χ4v) is 5.99. The molecule has 5 rings (SSSR count). The number of rotatable bonds is 5. The molecule has 1 heterocycles. The van der Waals surface area contributed by atoms with Crippen LogP contribution in [0.5, 0.6) is 0 Å². The Balaban J connectivity index is 1.43. The molecule has 0 atom stereocenters. The van der Waals surface area contributed by atoms with Crippen LogP contribution in [0.2, 0.25) is 5.02 Å². The molecule has 9 heteroatoms. The molecule has 0 bridgehead atoms. The molecule has 0 aliphatic carbocycles. The number of hydrogen-bond acceptors (Lipinski definition) is 5. The summed E-state index contributed by atoms with van der Waals surface area (Å²) < 4.78 is 32.5. The Kier molecular flexibility index (Phi) is 6.53. The molecule has 1 fully saturated rings. The molecular weight excluding hydrogens is 486 g/mol. The standard InChI is InChI=1S/C26H22ClN3O4S/c27-25-22-10-3-1-8-20(22)24(21-9-2-4-11-23(21)25)17-28-29-26(31)18-6-5-7-19(16-18)35(32,33)30-12-14-34-15-13-30/h1-11,16-17H,12-15H2,(H,29,31). The molecule has 7 nitrogen and oxygen atoms in total. The second-order valence-electron chi connectivity index (χ2n) is 8.06. The van der Waals surface area contributed by atoms with Gasteiger partial charge in [-0.25, -0.2) is 13.8 Å². The van der Waals surface area contributed by atoms with Crippen LogP contribution >= 0.6 is 11.6 Å². The lowest BCUT2D eigenvalue weighted by Crippen LogP contribution is -2.40. The highest BCUT2D eigenvalue weighted by Gasteiger charge is 2.26. The summed E-state index contributed by atoms with van der Waals surface area (Å²) in [6.45, 7) is 1.27. The Morgan fingerprint density at radius 1 is 0.914 bits per heavy atom. The molecule has 4 aromatic carbocycles. The largest absolute Gasteiger partial charge is 0.379 e. The van der Waals surface area contributed by atoms with Crippen molar-refractivity contribution in [2.24, 2.45) is 5.10 Å². The SMILES string of the molecule is O=C(NN=Cc1c2ccccc2c(Cl)c2ccccc12)c1cccc(S(=O)(=O)N2CCOCC2)c1. The molecule has 1 N–H and O–H groups in total. The van der Waals surface area contributed by atoms with Crippen molar-refractivity contribution in [3.8, 4) is 0 Å². The molecule has 1 amide bonds. The van der Waals surface area contributed by atoms with Crippen LogP contribution < -0.4 is 5.43 Å². The number of morpholine rings is 1. The third kappa shape index (κ3) is 4.53. The molecule has 4 aromatic rings. The van der Waals surface area contributed by atoms with Gasteiger partial charge in [-0.3, -0.25) is 4.79 Å². The van der Waals surface area contributed by atoms with Crippen LogP contribution in [0.4, 0.5) is 0 Å². The number of nitrogens with zero attached hydrogens (tertiary/aromatic N) is 2. The lowest BCUT2D eigenvalue weighted by atomic mass is 9.97. The Hall–Kier alpha value is -3.30. The topological polar surface area (TPSA) is 88.1 Å². The number of carbonyl (C=O) groups excluding carboxylic acids is 1. The fraction of sp³-hybridized carbons (Fsp3) is 0.154. The average molecular weight is 508 g/mol. The quantitative estimate of drug-likeness (QED) is 0.246. The Morgan fingerprint density at radius 3 is 2.14 bits per heavy atom. The summed E-state index contributed by atoms with van der Waals surface area (Å²) in [6, 6.07) is 21.4. The van der Waals surface area contributed by atoms with Crippen molar-refractivity contribution in [1.82, 2.24) is 9.73 Å². The van der Waals surface area contributed by atoms with E-state index >= 15 is 0 Å². The highest BCUT2D eigenvalue weighted by Crippen LogP contribution is 2.35. The number of ether oxygens (including phenoxy) is 1. The van der Waals surface area contributed by atoms with Crippen molar-refractivity contribution in [3.05, 3.63) is 88.9 Å². The van der Waals surface area contributed by atoms with Crippen LogP contribution in [0.15, 0.2) is 82.8 Å². The summed E-state index contributed by atoms with van der Waals surface area (Å²) in [7, 11) is -3.71. The van der Waals surface area contributed by atoms with Crippen LogP contribution in [-0.4, -0.2) is 51.1 Å². The molecule has 0 unspecified atom stereocenters. The molecule has 0 aromatic heterocycles. The lowest BCUT2D eigenvalue weighted by Gasteiger charge is -2.26. The minimum atomic E-state index is -3.71. The Bertz CT molecular complexity index is 1510. The molecule has 1 aliphatic rings. The summed E-state index contributed by atoms with van der Waals surface area (Å²) in [5, 5.41) is 8.45. The van der Waals surface area contributed by atoms with Gasteiger partial charge < -0.3 is 4.74 Å². The molecule has 0 saturated carbocycles. The first-order valence-electron chi connectivity index (χ1n) is 11.1. The van der Waals surface area contributed by atoms with Gasteiger partial charge >= 0.3 is 0 Å². The molecule has 1 saturated heterocycles. The number of benzene rings is 4. The van der Waals surface area contributed by atoms with Crippen molar-refractivity contribution in [2.45, 2.75) is 4.90 Å². The number of fused-ring (bicyclic) bond motifs is 2. The maximum atomic E-state index is 12.9. The van der Waals surface area contributed by atoms with E-state index in [-0.39, 0.29) is 23.5 Å². The number of carbonyl (C=O) groups is 1. The van der Waals surface area contributed by atoms with Gasteiger partial charge in [0.15, 0.2) is 0 Å². The number of halogens is 1. The van der Waals surface area contributed by atoms with Gasteiger partial charge in [0.2, 0.25) is 10.0 Å². The zero-order valence-electron chi connectivity index (χ0n) is 18.6. The van der Waals surface area contributed by atoms with Crippen molar-refractivity contribution in [3.63, 3.8) is 0 Å². The zero-order chi connectivity index (χ0) is 24.4. The number of hydrazone groups is 1. The van der Waals surface area contributed by atoms with Gasteiger partial charge in [-0.2, -0.15) is 9.41 Å². The number of nitrogens with one attached hydrogen (secondary N) is 1. The van der Waals surface area contributed by atoms with E-state index in [4.69, 9.17) is 16.3 Å². The van der Waals surface area contributed by atoms with Gasteiger partial charge in [-0.15, -0.1) is 0 Å². The van der Waals surface area contributed by atoms with E-state index in [0.717, 1.165) is 27.1 Å². The smallest absolute Gasteiger partial charge is 0.271 e.